The summed E-state index contributed by atoms with van der Waals surface area (Å²) in [5.41, 5.74) is 7.30. The molecule has 52 heavy (non-hydrogen) atoms. The average Bonchev–Trinajstić information content (AvgIpc) is 3.78. The van der Waals surface area contributed by atoms with E-state index in [1.54, 1.807) is 0 Å². The van der Waals surface area contributed by atoms with Crippen molar-refractivity contribution in [3.8, 4) is 45.6 Å². The van der Waals surface area contributed by atoms with E-state index in [2.05, 4.69) is 144 Å². The zero-order valence-corrected chi connectivity index (χ0v) is 28.0. The largest absolute Gasteiger partial charge is 0.484 e. The summed E-state index contributed by atoms with van der Waals surface area (Å²) in [4.78, 5) is 15.2. The fourth-order valence-electron chi connectivity index (χ4n) is 8.17. The lowest BCUT2D eigenvalue weighted by Gasteiger charge is -2.14. The summed E-state index contributed by atoms with van der Waals surface area (Å²) in [7, 11) is 0. The van der Waals surface area contributed by atoms with Crippen LogP contribution in [0.3, 0.4) is 0 Å². The second-order valence-corrected chi connectivity index (χ2v) is 13.5. The minimum absolute atomic E-state index is 0.0274. The van der Waals surface area contributed by atoms with Crippen LogP contribution in [0.2, 0.25) is 0 Å². The van der Waals surface area contributed by atoms with Gasteiger partial charge in [-0.25, -0.2) is 15.0 Å². The first-order valence-electron chi connectivity index (χ1n) is 17.7. The lowest BCUT2D eigenvalue weighted by atomic mass is 9.91. The van der Waals surface area contributed by atoms with Gasteiger partial charge < -0.3 is 9.30 Å². The van der Waals surface area contributed by atoms with Crippen molar-refractivity contribution in [1.29, 1.82) is 0 Å². The van der Waals surface area contributed by atoms with Crippen LogP contribution in [0.1, 0.15) is 11.5 Å². The zero-order chi connectivity index (χ0) is 34.2. The van der Waals surface area contributed by atoms with Gasteiger partial charge >= 0.3 is 0 Å². The molecule has 2 atom stereocenters. The molecular formula is C47H30N4O. The molecule has 0 spiro atoms. The van der Waals surface area contributed by atoms with Gasteiger partial charge in [0, 0.05) is 39.1 Å². The third-order valence-electron chi connectivity index (χ3n) is 10.6. The number of nitrogens with zero attached hydrogens (tertiary/aromatic N) is 4. The van der Waals surface area contributed by atoms with Crippen molar-refractivity contribution >= 4 is 43.4 Å². The van der Waals surface area contributed by atoms with Crippen LogP contribution in [-0.2, 0) is 0 Å². The number of allylic oxidation sites excluding steroid dienone is 2. The zero-order valence-electron chi connectivity index (χ0n) is 28.0. The fourth-order valence-corrected chi connectivity index (χ4v) is 8.17. The van der Waals surface area contributed by atoms with Gasteiger partial charge in [0.25, 0.3) is 0 Å². The van der Waals surface area contributed by atoms with Crippen LogP contribution in [0.5, 0.6) is 5.75 Å². The average molecular weight is 667 g/mol. The van der Waals surface area contributed by atoms with Gasteiger partial charge in [-0.15, -0.1) is 0 Å². The molecule has 2 unspecified atom stereocenters. The molecular weight excluding hydrogens is 637 g/mol. The molecule has 1 aliphatic heterocycles. The van der Waals surface area contributed by atoms with Crippen molar-refractivity contribution in [3.05, 3.63) is 175 Å². The van der Waals surface area contributed by atoms with Crippen LogP contribution < -0.4 is 4.74 Å². The number of ether oxygens (including phenoxy) is 1. The van der Waals surface area contributed by atoms with Crippen LogP contribution in [0.4, 0.5) is 0 Å². The highest BCUT2D eigenvalue weighted by Gasteiger charge is 2.34. The predicted octanol–water partition coefficient (Wildman–Crippen LogP) is 11.2. The van der Waals surface area contributed by atoms with Gasteiger partial charge in [-0.1, -0.05) is 121 Å². The fraction of sp³-hybridized carbons (Fsp3) is 0.0426. The van der Waals surface area contributed by atoms with E-state index in [4.69, 9.17) is 19.7 Å². The van der Waals surface area contributed by atoms with Crippen molar-refractivity contribution in [2.24, 2.45) is 0 Å². The molecule has 3 heterocycles. The Bertz CT molecular complexity index is 2850. The Morgan fingerprint density at radius 2 is 1.08 bits per heavy atom. The van der Waals surface area contributed by atoms with E-state index in [1.807, 2.05) is 30.3 Å². The van der Waals surface area contributed by atoms with Crippen LogP contribution in [0.15, 0.2) is 170 Å². The third-order valence-corrected chi connectivity index (χ3v) is 10.6. The molecule has 5 nitrogen and oxygen atoms in total. The summed E-state index contributed by atoms with van der Waals surface area (Å²) >= 11 is 0. The quantitative estimate of drug-likeness (QED) is 0.188. The molecule has 5 heteroatoms. The molecule has 1 aliphatic carbocycles. The normalized spacial score (nSPS) is 16.1. The molecule has 0 amide bonds. The molecule has 9 aromatic rings. The van der Waals surface area contributed by atoms with Gasteiger partial charge in [0.15, 0.2) is 17.5 Å². The Morgan fingerprint density at radius 1 is 0.481 bits per heavy atom. The summed E-state index contributed by atoms with van der Waals surface area (Å²) in [6, 6.07) is 51.3. The predicted molar refractivity (Wildman–Crippen MR) is 211 cm³/mol. The summed E-state index contributed by atoms with van der Waals surface area (Å²) < 4.78 is 8.91. The number of hydrogen-bond donors (Lipinski definition) is 0. The minimum atomic E-state index is -0.0274. The van der Waals surface area contributed by atoms with Gasteiger partial charge in [0.1, 0.15) is 11.9 Å². The van der Waals surface area contributed by atoms with Gasteiger partial charge in [-0.3, -0.25) is 0 Å². The first-order chi connectivity index (χ1) is 25.8. The Morgan fingerprint density at radius 3 is 1.77 bits per heavy atom. The monoisotopic (exact) mass is 666 g/mol. The highest BCUT2D eigenvalue weighted by atomic mass is 16.5. The summed E-state index contributed by atoms with van der Waals surface area (Å²) in [5.74, 6) is 2.85. The maximum Gasteiger partial charge on any atom is 0.167 e. The van der Waals surface area contributed by atoms with E-state index in [0.29, 0.717) is 17.5 Å². The molecule has 7 aromatic carbocycles. The van der Waals surface area contributed by atoms with Crippen molar-refractivity contribution in [2.75, 3.05) is 0 Å². The first kappa shape index (κ1) is 28.9. The molecule has 244 valence electrons. The van der Waals surface area contributed by atoms with Crippen molar-refractivity contribution in [1.82, 2.24) is 19.5 Å². The van der Waals surface area contributed by atoms with E-state index in [0.717, 1.165) is 33.7 Å². The Balaban J connectivity index is 1.08. The maximum absolute atomic E-state index is 6.53. The van der Waals surface area contributed by atoms with E-state index in [9.17, 15) is 0 Å². The molecule has 0 N–H and O–H groups in total. The van der Waals surface area contributed by atoms with Crippen LogP contribution in [0, 0.1) is 0 Å². The molecule has 2 aromatic heterocycles. The molecule has 0 fully saturated rings. The SMILES string of the molecule is C1=CC2Oc3c(-c4nc(-c5ccccc5)nc(-c5ccc(-n6c7ccc8ccccc8c7c7c8ccccc8ccc76)cc5)n4)cccc3C2C=C1. The highest BCUT2D eigenvalue weighted by molar-refractivity contribution is 6.28. The van der Waals surface area contributed by atoms with E-state index >= 15 is 0 Å². The molecule has 11 rings (SSSR count). The second-order valence-electron chi connectivity index (χ2n) is 13.5. The van der Waals surface area contributed by atoms with Crippen molar-refractivity contribution < 1.29 is 4.74 Å². The number of aromatic nitrogens is 4. The summed E-state index contributed by atoms with van der Waals surface area (Å²) in [6.45, 7) is 0. The first-order valence-corrected chi connectivity index (χ1v) is 17.7. The molecule has 0 radical (unpaired) electrons. The Hall–Kier alpha value is -6.85. The number of para-hydroxylation sites is 1. The number of fused-ring (bicyclic) bond motifs is 10. The lowest BCUT2D eigenvalue weighted by Crippen LogP contribution is -2.15. The van der Waals surface area contributed by atoms with Crippen LogP contribution >= 0.6 is 0 Å². The van der Waals surface area contributed by atoms with Gasteiger partial charge in [-0.05, 0) is 70.1 Å². The molecule has 0 saturated carbocycles. The van der Waals surface area contributed by atoms with E-state index in [-0.39, 0.29) is 12.0 Å². The Labute approximate surface area is 299 Å². The van der Waals surface area contributed by atoms with Gasteiger partial charge in [-0.2, -0.15) is 0 Å². The molecule has 0 saturated heterocycles. The molecule has 0 bridgehead atoms. The standard InChI is InChI=1S/C47H30N4O/c1-2-13-31(14-3-1)45-48-46(50-47(49-45)38-19-10-18-37-36-17-8-9-20-41(36)52-44(37)38)32-21-25-33(26-22-32)51-39-27-23-29-11-4-6-15-34(29)42(39)43-35-16-7-5-12-30(35)24-28-40(43)51/h1-28,36,41H. The van der Waals surface area contributed by atoms with Gasteiger partial charge in [0.05, 0.1) is 16.6 Å². The lowest BCUT2D eigenvalue weighted by molar-refractivity contribution is 0.269. The van der Waals surface area contributed by atoms with E-state index < -0.39 is 0 Å². The number of rotatable bonds is 4. The van der Waals surface area contributed by atoms with E-state index in [1.165, 1.54) is 43.4 Å². The third kappa shape index (κ3) is 4.39. The highest BCUT2D eigenvalue weighted by Crippen LogP contribution is 2.46. The van der Waals surface area contributed by atoms with Crippen LogP contribution in [-0.4, -0.2) is 25.6 Å². The van der Waals surface area contributed by atoms with Gasteiger partial charge in [0.2, 0.25) is 0 Å². The minimum Gasteiger partial charge on any atom is -0.484 e. The smallest absolute Gasteiger partial charge is 0.167 e. The maximum atomic E-state index is 6.53. The van der Waals surface area contributed by atoms with Crippen molar-refractivity contribution in [3.63, 3.8) is 0 Å². The number of benzene rings is 7. The topological polar surface area (TPSA) is 52.8 Å². The van der Waals surface area contributed by atoms with Crippen LogP contribution in [0.25, 0.3) is 83.2 Å². The number of hydrogen-bond acceptors (Lipinski definition) is 4. The summed E-state index contributed by atoms with van der Waals surface area (Å²) in [6.07, 6.45) is 8.44. The second kappa shape index (κ2) is 11.3. The summed E-state index contributed by atoms with van der Waals surface area (Å²) in [5, 5.41) is 7.52. The molecule has 2 aliphatic rings. The van der Waals surface area contributed by atoms with Crippen molar-refractivity contribution in [2.45, 2.75) is 12.0 Å². The Kier molecular flexibility index (Phi) is 6.31.